The van der Waals surface area contributed by atoms with Crippen LogP contribution in [0.5, 0.6) is 0 Å². The van der Waals surface area contributed by atoms with Crippen LogP contribution >= 0.6 is 11.8 Å². The third kappa shape index (κ3) is 6.40. The van der Waals surface area contributed by atoms with Gasteiger partial charge in [-0.2, -0.15) is 0 Å². The minimum Gasteiger partial charge on any atom is -0.367 e. The molecule has 2 saturated heterocycles. The molecular formula is C27H36O6S. The van der Waals surface area contributed by atoms with Crippen LogP contribution in [-0.2, 0) is 35.0 Å². The van der Waals surface area contributed by atoms with E-state index in [4.69, 9.17) is 28.4 Å². The Hall–Kier alpha value is -1.45. The van der Waals surface area contributed by atoms with E-state index < -0.39 is 11.6 Å². The van der Waals surface area contributed by atoms with E-state index in [1.54, 1.807) is 18.9 Å². The van der Waals surface area contributed by atoms with Crippen LogP contribution in [0, 0.1) is 6.92 Å². The van der Waals surface area contributed by atoms with Gasteiger partial charge in [0.25, 0.3) is 0 Å². The van der Waals surface area contributed by atoms with Crippen LogP contribution in [0.25, 0.3) is 0 Å². The van der Waals surface area contributed by atoms with E-state index in [-0.39, 0.29) is 29.9 Å². The first-order chi connectivity index (χ1) is 16.2. The number of rotatable bonds is 9. The normalized spacial score (nSPS) is 28.6. The summed E-state index contributed by atoms with van der Waals surface area (Å²) >= 11 is 1.64. The average Bonchev–Trinajstić information content (AvgIpc) is 3.14. The summed E-state index contributed by atoms with van der Waals surface area (Å²) in [5.41, 5.74) is 2.02. The monoisotopic (exact) mass is 488 g/mol. The lowest BCUT2D eigenvalue weighted by molar-refractivity contribution is -0.242. The van der Waals surface area contributed by atoms with Gasteiger partial charge in [-0.05, 0) is 52.3 Å². The summed E-state index contributed by atoms with van der Waals surface area (Å²) in [5, 5.41) is 0. The molecule has 2 aliphatic rings. The molecule has 34 heavy (non-hydrogen) atoms. The van der Waals surface area contributed by atoms with Crippen molar-refractivity contribution in [1.29, 1.82) is 0 Å². The zero-order valence-electron chi connectivity index (χ0n) is 20.9. The lowest BCUT2D eigenvalue weighted by Crippen LogP contribution is -2.57. The molecular weight excluding hydrogens is 452 g/mol. The molecule has 4 rings (SSSR count). The maximum Gasteiger partial charge on any atom is 0.164 e. The topological polar surface area (TPSA) is 55.4 Å². The fourth-order valence-electron chi connectivity index (χ4n) is 4.10. The molecule has 2 fully saturated rings. The highest BCUT2D eigenvalue weighted by molar-refractivity contribution is 7.99. The highest BCUT2D eigenvalue weighted by Crippen LogP contribution is 2.43. The molecule has 0 unspecified atom stereocenters. The van der Waals surface area contributed by atoms with Gasteiger partial charge in [-0.25, -0.2) is 0 Å². The average molecular weight is 489 g/mol. The Bertz CT molecular complexity index is 916. The first-order valence-corrected chi connectivity index (χ1v) is 12.6. The van der Waals surface area contributed by atoms with Crippen molar-refractivity contribution < 1.29 is 28.4 Å². The smallest absolute Gasteiger partial charge is 0.164 e. The van der Waals surface area contributed by atoms with Gasteiger partial charge in [-0.1, -0.05) is 59.8 Å². The Morgan fingerprint density at radius 3 is 2.32 bits per heavy atom. The second-order valence-corrected chi connectivity index (χ2v) is 10.9. The van der Waals surface area contributed by atoms with E-state index in [1.165, 1.54) is 5.56 Å². The van der Waals surface area contributed by atoms with Crippen LogP contribution in [0.2, 0.25) is 0 Å². The quantitative estimate of drug-likeness (QED) is 0.443. The molecule has 186 valence electrons. The number of aryl methyl sites for hydroxylation is 1. The van der Waals surface area contributed by atoms with Crippen LogP contribution in [0.1, 0.15) is 38.8 Å². The van der Waals surface area contributed by atoms with Crippen LogP contribution < -0.4 is 0 Å². The van der Waals surface area contributed by atoms with Crippen LogP contribution in [0.4, 0.5) is 0 Å². The molecule has 0 N–H and O–H groups in total. The summed E-state index contributed by atoms with van der Waals surface area (Å²) in [6.45, 7) is 10.5. The molecule has 0 spiro atoms. The number of benzene rings is 2. The fraction of sp³-hybridized carbons (Fsp3) is 0.556. The SMILES string of the molecule is COC(C)(C)OC[C@H]1O[C@@H](Sc2ccc(C)cc2)[C@H](OCc2ccccc2)[C@H]2OC(C)(C)O[C@H]21. The van der Waals surface area contributed by atoms with Gasteiger partial charge in [0.1, 0.15) is 29.9 Å². The van der Waals surface area contributed by atoms with Gasteiger partial charge in [0, 0.05) is 12.0 Å². The van der Waals surface area contributed by atoms with Gasteiger partial charge in [-0.15, -0.1) is 0 Å². The molecule has 0 radical (unpaired) electrons. The number of ether oxygens (including phenoxy) is 6. The highest BCUT2D eigenvalue weighted by atomic mass is 32.2. The minimum absolute atomic E-state index is 0.297. The first kappa shape index (κ1) is 25.6. The minimum atomic E-state index is -0.745. The van der Waals surface area contributed by atoms with E-state index >= 15 is 0 Å². The maximum absolute atomic E-state index is 6.62. The van der Waals surface area contributed by atoms with Crippen molar-refractivity contribution in [2.24, 2.45) is 0 Å². The van der Waals surface area contributed by atoms with Gasteiger partial charge in [0.05, 0.1) is 13.2 Å². The largest absolute Gasteiger partial charge is 0.367 e. The summed E-state index contributed by atoms with van der Waals surface area (Å²) in [6.07, 6.45) is -1.28. The Morgan fingerprint density at radius 2 is 1.65 bits per heavy atom. The molecule has 0 bridgehead atoms. The summed E-state index contributed by atoms with van der Waals surface area (Å²) in [4.78, 5) is 1.11. The van der Waals surface area contributed by atoms with Crippen molar-refractivity contribution in [3.8, 4) is 0 Å². The molecule has 7 heteroatoms. The second kappa shape index (κ2) is 10.7. The predicted molar refractivity (Wildman–Crippen MR) is 132 cm³/mol. The van der Waals surface area contributed by atoms with Gasteiger partial charge in [0.2, 0.25) is 0 Å². The van der Waals surface area contributed by atoms with E-state index in [0.717, 1.165) is 10.5 Å². The molecule has 2 aliphatic heterocycles. The molecule has 2 aromatic rings. The Kier molecular flexibility index (Phi) is 8.04. The lowest BCUT2D eigenvalue weighted by Gasteiger charge is -2.42. The van der Waals surface area contributed by atoms with Gasteiger partial charge in [-0.3, -0.25) is 0 Å². The summed E-state index contributed by atoms with van der Waals surface area (Å²) < 4.78 is 37.3. The molecule has 0 saturated carbocycles. The molecule has 2 aromatic carbocycles. The number of hydrogen-bond donors (Lipinski definition) is 0. The van der Waals surface area contributed by atoms with Crippen LogP contribution in [-0.4, -0.2) is 55.1 Å². The van der Waals surface area contributed by atoms with Crippen molar-refractivity contribution in [1.82, 2.24) is 0 Å². The molecule has 0 aliphatic carbocycles. The molecule has 5 atom stereocenters. The zero-order valence-corrected chi connectivity index (χ0v) is 21.7. The van der Waals surface area contributed by atoms with Gasteiger partial charge in [0.15, 0.2) is 11.6 Å². The number of hydrogen-bond acceptors (Lipinski definition) is 7. The van der Waals surface area contributed by atoms with Gasteiger partial charge >= 0.3 is 0 Å². The van der Waals surface area contributed by atoms with Crippen molar-refractivity contribution in [2.75, 3.05) is 13.7 Å². The Morgan fingerprint density at radius 1 is 0.971 bits per heavy atom. The number of thioether (sulfide) groups is 1. The maximum atomic E-state index is 6.62. The third-order valence-electron chi connectivity index (χ3n) is 6.08. The molecule has 2 heterocycles. The molecule has 0 amide bonds. The van der Waals surface area contributed by atoms with E-state index in [2.05, 4.69) is 43.3 Å². The summed E-state index contributed by atoms with van der Waals surface area (Å²) in [6, 6.07) is 18.6. The van der Waals surface area contributed by atoms with Gasteiger partial charge < -0.3 is 28.4 Å². The van der Waals surface area contributed by atoms with Crippen molar-refractivity contribution >= 4 is 11.8 Å². The van der Waals surface area contributed by atoms with E-state index in [1.807, 2.05) is 45.9 Å². The van der Waals surface area contributed by atoms with E-state index in [9.17, 15) is 0 Å². The molecule has 0 aromatic heterocycles. The van der Waals surface area contributed by atoms with E-state index in [0.29, 0.717) is 13.2 Å². The van der Waals surface area contributed by atoms with Crippen molar-refractivity contribution in [3.63, 3.8) is 0 Å². The van der Waals surface area contributed by atoms with Crippen LogP contribution in [0.3, 0.4) is 0 Å². The summed E-state index contributed by atoms with van der Waals surface area (Å²) in [5.74, 6) is -1.47. The third-order valence-corrected chi connectivity index (χ3v) is 7.23. The molecule has 6 nitrogen and oxygen atoms in total. The van der Waals surface area contributed by atoms with Crippen molar-refractivity contribution in [2.45, 2.75) is 87.5 Å². The predicted octanol–water partition coefficient (Wildman–Crippen LogP) is 5.32. The Labute approximate surface area is 207 Å². The highest BCUT2D eigenvalue weighted by Gasteiger charge is 2.56. The number of fused-ring (bicyclic) bond motifs is 1. The Balaban J connectivity index is 1.58. The number of methoxy groups -OCH3 is 1. The summed E-state index contributed by atoms with van der Waals surface area (Å²) in [7, 11) is 1.63. The van der Waals surface area contributed by atoms with Crippen LogP contribution in [0.15, 0.2) is 59.5 Å². The lowest BCUT2D eigenvalue weighted by atomic mass is 10.00. The first-order valence-electron chi connectivity index (χ1n) is 11.7. The fourth-order valence-corrected chi connectivity index (χ4v) is 5.23. The van der Waals surface area contributed by atoms with Crippen molar-refractivity contribution in [3.05, 3.63) is 65.7 Å². The zero-order chi connectivity index (χ0) is 24.3. The second-order valence-electron chi connectivity index (χ2n) is 9.71. The standard InChI is InChI=1S/C27H36O6S/c1-18-12-14-20(15-13-18)34-25-24(29-16-19-10-8-7-9-11-19)23-22(32-27(4,5)33-23)21(31-25)17-30-26(2,3)28-6/h7-15,21-25H,16-17H2,1-6H3/t21-,22+,23+,24-,25+/m1/s1.